The summed E-state index contributed by atoms with van der Waals surface area (Å²) >= 11 is 0. The summed E-state index contributed by atoms with van der Waals surface area (Å²) in [5, 5.41) is 0. The quantitative estimate of drug-likeness (QED) is 0.830. The lowest BCUT2D eigenvalue weighted by atomic mass is 10.1. The van der Waals surface area contributed by atoms with Crippen molar-refractivity contribution in [3.8, 4) is 5.88 Å². The number of ether oxygens (including phenoxy) is 1. The van der Waals surface area contributed by atoms with Crippen molar-refractivity contribution in [2.24, 2.45) is 0 Å². The van der Waals surface area contributed by atoms with Crippen molar-refractivity contribution >= 4 is 5.82 Å². The lowest BCUT2D eigenvalue weighted by Crippen LogP contribution is -2.46. The highest BCUT2D eigenvalue weighted by Crippen LogP contribution is 2.24. The lowest BCUT2D eigenvalue weighted by Gasteiger charge is -2.35. The molecule has 25 heavy (non-hydrogen) atoms. The van der Waals surface area contributed by atoms with Gasteiger partial charge in [-0.05, 0) is 12.0 Å². The number of anilines is 1. The van der Waals surface area contributed by atoms with Gasteiger partial charge in [-0.25, -0.2) is 19.3 Å². The minimum absolute atomic E-state index is 0.0437. The zero-order chi connectivity index (χ0) is 17.8. The Labute approximate surface area is 147 Å². The molecular weight excluding hydrogens is 321 g/mol. The molecule has 0 atom stereocenters. The van der Waals surface area contributed by atoms with Gasteiger partial charge in [-0.1, -0.05) is 19.9 Å². The number of nitrogens with zero attached hydrogens (tertiary/aromatic N) is 5. The SMILES string of the molecule is COc1cccc(CN2CCN(c3ncnc(C(C)C)c3F)CC2)n1. The summed E-state index contributed by atoms with van der Waals surface area (Å²) < 4.78 is 19.8. The Hall–Kier alpha value is -2.28. The van der Waals surface area contributed by atoms with Crippen LogP contribution >= 0.6 is 0 Å². The van der Waals surface area contributed by atoms with E-state index in [0.29, 0.717) is 17.4 Å². The van der Waals surface area contributed by atoms with E-state index in [1.807, 2.05) is 36.9 Å². The summed E-state index contributed by atoms with van der Waals surface area (Å²) in [6.45, 7) is 7.76. The molecule has 1 aliphatic rings. The topological polar surface area (TPSA) is 54.4 Å². The van der Waals surface area contributed by atoms with E-state index < -0.39 is 0 Å². The molecule has 2 aromatic rings. The average molecular weight is 345 g/mol. The lowest BCUT2D eigenvalue weighted by molar-refractivity contribution is 0.244. The second-order valence-corrected chi connectivity index (χ2v) is 6.49. The molecule has 0 spiro atoms. The molecule has 1 fully saturated rings. The maximum absolute atomic E-state index is 14.6. The van der Waals surface area contributed by atoms with Gasteiger partial charge in [0.15, 0.2) is 11.6 Å². The van der Waals surface area contributed by atoms with Gasteiger partial charge in [0.1, 0.15) is 6.33 Å². The van der Waals surface area contributed by atoms with Crippen LogP contribution in [0.1, 0.15) is 31.2 Å². The van der Waals surface area contributed by atoms with Crippen molar-refractivity contribution < 1.29 is 9.13 Å². The van der Waals surface area contributed by atoms with E-state index in [9.17, 15) is 4.39 Å². The zero-order valence-electron chi connectivity index (χ0n) is 14.9. The molecule has 0 N–H and O–H groups in total. The van der Waals surface area contributed by atoms with Gasteiger partial charge in [0.2, 0.25) is 5.88 Å². The predicted molar refractivity (Wildman–Crippen MR) is 94.4 cm³/mol. The molecule has 0 aromatic carbocycles. The molecular formula is C18H24FN5O. The molecule has 6 nitrogen and oxygen atoms in total. The van der Waals surface area contributed by atoms with Gasteiger partial charge < -0.3 is 9.64 Å². The zero-order valence-corrected chi connectivity index (χ0v) is 14.9. The largest absolute Gasteiger partial charge is 0.481 e. The first-order chi connectivity index (χ1) is 12.1. The minimum atomic E-state index is -0.291. The molecule has 0 bridgehead atoms. The molecule has 3 rings (SSSR count). The van der Waals surface area contributed by atoms with Crippen LogP contribution in [-0.4, -0.2) is 53.1 Å². The van der Waals surface area contributed by atoms with E-state index in [2.05, 4.69) is 19.9 Å². The fraction of sp³-hybridized carbons (Fsp3) is 0.500. The van der Waals surface area contributed by atoms with Gasteiger partial charge in [0.25, 0.3) is 0 Å². The second kappa shape index (κ2) is 7.74. The Morgan fingerprint density at radius 3 is 2.60 bits per heavy atom. The predicted octanol–water partition coefficient (Wildman–Crippen LogP) is 2.46. The van der Waals surface area contributed by atoms with Crippen molar-refractivity contribution in [1.29, 1.82) is 0 Å². The molecule has 2 aromatic heterocycles. The molecule has 7 heteroatoms. The standard InChI is InChI=1S/C18H24FN5O/c1-13(2)17-16(19)18(21-12-20-17)24-9-7-23(8-10-24)11-14-5-4-6-15(22-14)25-3/h4-6,12-13H,7-11H2,1-3H3. The number of piperazine rings is 1. The van der Waals surface area contributed by atoms with Crippen LogP contribution in [0.25, 0.3) is 0 Å². The molecule has 1 saturated heterocycles. The number of hydrogen-bond donors (Lipinski definition) is 0. The summed E-state index contributed by atoms with van der Waals surface area (Å²) in [5.74, 6) is 0.792. The number of hydrogen-bond acceptors (Lipinski definition) is 6. The number of halogens is 1. The molecule has 0 radical (unpaired) electrons. The summed E-state index contributed by atoms with van der Waals surface area (Å²) in [6, 6.07) is 5.78. The Morgan fingerprint density at radius 1 is 1.16 bits per heavy atom. The van der Waals surface area contributed by atoms with Crippen molar-refractivity contribution in [1.82, 2.24) is 19.9 Å². The highest BCUT2D eigenvalue weighted by atomic mass is 19.1. The minimum Gasteiger partial charge on any atom is -0.481 e. The first-order valence-electron chi connectivity index (χ1n) is 8.56. The number of aromatic nitrogens is 3. The summed E-state index contributed by atoms with van der Waals surface area (Å²) in [7, 11) is 1.62. The Kier molecular flexibility index (Phi) is 5.43. The van der Waals surface area contributed by atoms with E-state index in [4.69, 9.17) is 4.74 Å². The fourth-order valence-electron chi connectivity index (χ4n) is 3.00. The van der Waals surface area contributed by atoms with E-state index >= 15 is 0 Å². The van der Waals surface area contributed by atoms with Crippen LogP contribution in [0.3, 0.4) is 0 Å². The van der Waals surface area contributed by atoms with Crippen LogP contribution in [0.15, 0.2) is 24.5 Å². The molecule has 0 aliphatic carbocycles. The fourth-order valence-corrected chi connectivity index (χ4v) is 3.00. The van der Waals surface area contributed by atoms with Crippen molar-refractivity contribution in [2.45, 2.75) is 26.3 Å². The van der Waals surface area contributed by atoms with Crippen LogP contribution in [0.5, 0.6) is 5.88 Å². The highest BCUT2D eigenvalue weighted by Gasteiger charge is 2.23. The summed E-state index contributed by atoms with van der Waals surface area (Å²) in [5.41, 5.74) is 1.45. The number of methoxy groups -OCH3 is 1. The molecule has 0 unspecified atom stereocenters. The summed E-state index contributed by atoms with van der Waals surface area (Å²) in [4.78, 5) is 17.0. The Bertz CT molecular complexity index is 716. The molecule has 134 valence electrons. The third kappa shape index (κ3) is 4.04. The van der Waals surface area contributed by atoms with Crippen molar-refractivity contribution in [3.05, 3.63) is 41.7 Å². The summed E-state index contributed by atoms with van der Waals surface area (Å²) in [6.07, 6.45) is 1.46. The smallest absolute Gasteiger partial charge is 0.213 e. The van der Waals surface area contributed by atoms with Gasteiger partial charge in [-0.15, -0.1) is 0 Å². The van der Waals surface area contributed by atoms with Crippen LogP contribution in [0.2, 0.25) is 0 Å². The number of rotatable bonds is 5. The Balaban J connectivity index is 1.63. The van der Waals surface area contributed by atoms with Gasteiger partial charge in [-0.3, -0.25) is 4.90 Å². The van der Waals surface area contributed by atoms with E-state index in [1.165, 1.54) is 6.33 Å². The first-order valence-corrected chi connectivity index (χ1v) is 8.56. The average Bonchev–Trinajstić information content (AvgIpc) is 2.62. The monoisotopic (exact) mass is 345 g/mol. The maximum Gasteiger partial charge on any atom is 0.213 e. The van der Waals surface area contributed by atoms with Gasteiger partial charge in [0.05, 0.1) is 18.5 Å². The third-order valence-electron chi connectivity index (χ3n) is 4.39. The van der Waals surface area contributed by atoms with E-state index in [1.54, 1.807) is 7.11 Å². The second-order valence-electron chi connectivity index (χ2n) is 6.49. The highest BCUT2D eigenvalue weighted by molar-refractivity contribution is 5.42. The first kappa shape index (κ1) is 17.5. The van der Waals surface area contributed by atoms with Crippen LogP contribution in [-0.2, 0) is 6.54 Å². The molecule has 0 saturated carbocycles. The Morgan fingerprint density at radius 2 is 1.92 bits per heavy atom. The van der Waals surface area contributed by atoms with Crippen LogP contribution in [0, 0.1) is 5.82 Å². The van der Waals surface area contributed by atoms with Crippen LogP contribution in [0.4, 0.5) is 10.2 Å². The van der Waals surface area contributed by atoms with E-state index in [0.717, 1.165) is 38.4 Å². The number of pyridine rings is 1. The molecule has 1 aliphatic heterocycles. The third-order valence-corrected chi connectivity index (χ3v) is 4.39. The van der Waals surface area contributed by atoms with Crippen LogP contribution < -0.4 is 9.64 Å². The molecule has 3 heterocycles. The van der Waals surface area contributed by atoms with Gasteiger partial charge in [0, 0.05) is 38.8 Å². The van der Waals surface area contributed by atoms with Gasteiger partial charge in [-0.2, -0.15) is 0 Å². The van der Waals surface area contributed by atoms with Gasteiger partial charge >= 0.3 is 0 Å². The maximum atomic E-state index is 14.6. The normalized spacial score (nSPS) is 15.6. The van der Waals surface area contributed by atoms with E-state index in [-0.39, 0.29) is 11.7 Å². The van der Waals surface area contributed by atoms with Crippen molar-refractivity contribution in [3.63, 3.8) is 0 Å². The van der Waals surface area contributed by atoms with Crippen molar-refractivity contribution in [2.75, 3.05) is 38.2 Å². The molecule has 0 amide bonds.